The lowest BCUT2D eigenvalue weighted by Crippen LogP contribution is -2.49. The number of halogens is 1. The maximum atomic E-state index is 14.1. The lowest BCUT2D eigenvalue weighted by Gasteiger charge is -2.39. The minimum absolute atomic E-state index is 0.0855. The van der Waals surface area contributed by atoms with Crippen LogP contribution in [0.4, 0.5) is 4.39 Å². The third-order valence-corrected chi connectivity index (χ3v) is 4.60. The minimum Gasteiger partial charge on any atom is -0.507 e. The van der Waals surface area contributed by atoms with Crippen molar-refractivity contribution in [1.29, 1.82) is 0 Å². The van der Waals surface area contributed by atoms with E-state index in [0.717, 1.165) is 11.0 Å². The van der Waals surface area contributed by atoms with Crippen LogP contribution in [0.1, 0.15) is 6.04 Å². The molecule has 5 nitrogen and oxygen atoms in total. The number of benzene rings is 2. The van der Waals surface area contributed by atoms with Gasteiger partial charge < -0.3 is 14.6 Å². The Morgan fingerprint density at radius 3 is 2.84 bits per heavy atom. The molecule has 0 saturated carbocycles. The Morgan fingerprint density at radius 1 is 1.32 bits per heavy atom. The first-order chi connectivity index (χ1) is 12.1. The highest BCUT2D eigenvalue weighted by atomic mass is 19.1. The van der Waals surface area contributed by atoms with Gasteiger partial charge in [0.25, 0.3) is 0 Å². The molecular formula is C19H16FN3O2. The number of hydrogen-bond donors (Lipinski definition) is 1. The Bertz CT molecular complexity index is 969. The molecule has 1 amide bonds. The van der Waals surface area contributed by atoms with Crippen molar-refractivity contribution in [3.05, 3.63) is 61.2 Å². The van der Waals surface area contributed by atoms with Crippen LogP contribution >= 0.6 is 0 Å². The zero-order valence-electron chi connectivity index (χ0n) is 13.4. The quantitative estimate of drug-likeness (QED) is 0.747. The number of phenolic OH excluding ortho intramolecular Hbond substituents is 1. The summed E-state index contributed by atoms with van der Waals surface area (Å²) < 4.78 is 16.1. The summed E-state index contributed by atoms with van der Waals surface area (Å²) in [4.78, 5) is 17.7. The Morgan fingerprint density at radius 2 is 2.12 bits per heavy atom. The largest absolute Gasteiger partial charge is 0.507 e. The summed E-state index contributed by atoms with van der Waals surface area (Å²) in [6.07, 6.45) is 3.04. The van der Waals surface area contributed by atoms with Gasteiger partial charge in [-0.25, -0.2) is 9.37 Å². The van der Waals surface area contributed by atoms with Gasteiger partial charge in [0.1, 0.15) is 11.6 Å². The SMILES string of the molecule is C=CC(=O)N1CC(n2cnc3ccc(-c4c(O)cccc4F)cc32)C1. The molecule has 6 heteroatoms. The highest BCUT2D eigenvalue weighted by Crippen LogP contribution is 2.34. The Labute approximate surface area is 143 Å². The fourth-order valence-corrected chi connectivity index (χ4v) is 3.21. The molecule has 2 heterocycles. The van der Waals surface area contributed by atoms with Crippen molar-refractivity contribution in [2.45, 2.75) is 6.04 Å². The number of aromatic nitrogens is 2. The zero-order valence-corrected chi connectivity index (χ0v) is 13.4. The van der Waals surface area contributed by atoms with Gasteiger partial charge in [-0.2, -0.15) is 0 Å². The first-order valence-electron chi connectivity index (χ1n) is 7.94. The monoisotopic (exact) mass is 337 g/mol. The Balaban J connectivity index is 1.72. The van der Waals surface area contributed by atoms with Gasteiger partial charge >= 0.3 is 0 Å². The smallest absolute Gasteiger partial charge is 0.246 e. The summed E-state index contributed by atoms with van der Waals surface area (Å²) in [5.74, 6) is -0.661. The second-order valence-electron chi connectivity index (χ2n) is 6.09. The maximum Gasteiger partial charge on any atom is 0.246 e. The van der Waals surface area contributed by atoms with Crippen molar-refractivity contribution in [1.82, 2.24) is 14.5 Å². The summed E-state index contributed by atoms with van der Waals surface area (Å²) >= 11 is 0. The van der Waals surface area contributed by atoms with Crippen LogP contribution in [0.2, 0.25) is 0 Å². The molecule has 0 radical (unpaired) electrons. The summed E-state index contributed by atoms with van der Waals surface area (Å²) in [7, 11) is 0. The Kier molecular flexibility index (Phi) is 3.53. The first-order valence-corrected chi connectivity index (χ1v) is 7.94. The molecule has 0 atom stereocenters. The summed E-state index contributed by atoms with van der Waals surface area (Å²) in [5, 5.41) is 10.0. The predicted molar refractivity (Wildman–Crippen MR) is 92.6 cm³/mol. The maximum absolute atomic E-state index is 14.1. The molecule has 1 saturated heterocycles. The summed E-state index contributed by atoms with van der Waals surface area (Å²) in [6.45, 7) is 4.67. The van der Waals surface area contributed by atoms with E-state index in [9.17, 15) is 14.3 Å². The van der Waals surface area contributed by atoms with E-state index >= 15 is 0 Å². The molecule has 0 spiro atoms. The molecule has 1 aromatic heterocycles. The molecule has 2 aromatic carbocycles. The number of likely N-dealkylation sites (tertiary alicyclic amines) is 1. The number of phenols is 1. The van der Waals surface area contributed by atoms with Crippen molar-refractivity contribution in [2.75, 3.05) is 13.1 Å². The molecule has 0 aliphatic carbocycles. The number of carbonyl (C=O) groups is 1. The van der Waals surface area contributed by atoms with Crippen LogP contribution in [0.25, 0.3) is 22.2 Å². The molecule has 1 aliphatic heterocycles. The fraction of sp³-hybridized carbons (Fsp3) is 0.158. The molecule has 1 N–H and O–H groups in total. The van der Waals surface area contributed by atoms with Gasteiger partial charge in [0.2, 0.25) is 5.91 Å². The van der Waals surface area contributed by atoms with Gasteiger partial charge in [-0.3, -0.25) is 4.79 Å². The Hall–Kier alpha value is -3.15. The van der Waals surface area contributed by atoms with Crippen LogP contribution in [0.3, 0.4) is 0 Å². The van der Waals surface area contributed by atoms with Crippen molar-refractivity contribution < 1.29 is 14.3 Å². The number of imidazole rings is 1. The second kappa shape index (κ2) is 5.73. The van der Waals surface area contributed by atoms with Crippen LogP contribution in [0.15, 0.2) is 55.4 Å². The van der Waals surface area contributed by atoms with Gasteiger partial charge in [0.05, 0.1) is 29.0 Å². The summed E-state index contributed by atoms with van der Waals surface area (Å²) in [6, 6.07) is 9.74. The van der Waals surface area contributed by atoms with Crippen LogP contribution in [-0.4, -0.2) is 38.6 Å². The molecule has 1 fully saturated rings. The third-order valence-electron chi connectivity index (χ3n) is 4.60. The first kappa shape index (κ1) is 15.4. The van der Waals surface area contributed by atoms with Gasteiger partial charge in [-0.15, -0.1) is 0 Å². The molecule has 1 aliphatic rings. The lowest BCUT2D eigenvalue weighted by atomic mass is 10.0. The standard InChI is InChI=1S/C19H16FN3O2/c1-2-18(25)22-9-13(10-22)23-11-21-15-7-6-12(8-16(15)23)19-14(20)4-3-5-17(19)24/h2-8,11,13,24H,1,9-10H2. The molecule has 4 rings (SSSR count). The van der Waals surface area contributed by atoms with E-state index in [-0.39, 0.29) is 23.3 Å². The zero-order chi connectivity index (χ0) is 17.6. The van der Waals surface area contributed by atoms with Crippen LogP contribution in [0.5, 0.6) is 5.75 Å². The molecule has 3 aromatic rings. The topological polar surface area (TPSA) is 58.4 Å². The number of amides is 1. The number of rotatable bonds is 3. The van der Waals surface area contributed by atoms with Gasteiger partial charge in [-0.05, 0) is 35.9 Å². The van der Waals surface area contributed by atoms with Crippen LogP contribution < -0.4 is 0 Å². The van der Waals surface area contributed by atoms with Crippen molar-refractivity contribution in [2.24, 2.45) is 0 Å². The van der Waals surface area contributed by atoms with Crippen LogP contribution in [-0.2, 0) is 4.79 Å². The van der Waals surface area contributed by atoms with E-state index in [2.05, 4.69) is 11.6 Å². The molecule has 0 unspecified atom stereocenters. The molecule has 25 heavy (non-hydrogen) atoms. The average Bonchev–Trinajstić information content (AvgIpc) is 2.96. The number of carbonyl (C=O) groups excluding carboxylic acids is 1. The number of hydrogen-bond acceptors (Lipinski definition) is 3. The van der Waals surface area contributed by atoms with Gasteiger partial charge in [-0.1, -0.05) is 18.7 Å². The van der Waals surface area contributed by atoms with Gasteiger partial charge in [0, 0.05) is 13.1 Å². The number of fused-ring (bicyclic) bond motifs is 1. The van der Waals surface area contributed by atoms with E-state index in [0.29, 0.717) is 18.7 Å². The number of nitrogens with zero attached hydrogens (tertiary/aromatic N) is 3. The van der Waals surface area contributed by atoms with E-state index in [1.54, 1.807) is 23.4 Å². The van der Waals surface area contributed by atoms with E-state index in [1.165, 1.54) is 24.3 Å². The van der Waals surface area contributed by atoms with Gasteiger partial charge in [0.15, 0.2) is 0 Å². The van der Waals surface area contributed by atoms with E-state index in [4.69, 9.17) is 0 Å². The predicted octanol–water partition coefficient (Wildman–Crippen LogP) is 3.12. The molecule has 0 bridgehead atoms. The second-order valence-corrected chi connectivity index (χ2v) is 6.09. The molecular weight excluding hydrogens is 321 g/mol. The number of aromatic hydroxyl groups is 1. The normalized spacial score (nSPS) is 14.5. The van der Waals surface area contributed by atoms with Crippen molar-refractivity contribution >= 4 is 16.9 Å². The van der Waals surface area contributed by atoms with Crippen molar-refractivity contribution in [3.8, 4) is 16.9 Å². The van der Waals surface area contributed by atoms with E-state index in [1.807, 2.05) is 10.6 Å². The fourth-order valence-electron chi connectivity index (χ4n) is 3.21. The lowest BCUT2D eigenvalue weighted by molar-refractivity contribution is -0.131. The molecule has 126 valence electrons. The van der Waals surface area contributed by atoms with Crippen molar-refractivity contribution in [3.63, 3.8) is 0 Å². The van der Waals surface area contributed by atoms with Crippen LogP contribution in [0, 0.1) is 5.82 Å². The highest BCUT2D eigenvalue weighted by Gasteiger charge is 2.31. The summed E-state index contributed by atoms with van der Waals surface area (Å²) in [5.41, 5.74) is 2.39. The van der Waals surface area contributed by atoms with E-state index < -0.39 is 5.82 Å². The average molecular weight is 337 g/mol. The minimum atomic E-state index is -0.475. The third kappa shape index (κ3) is 2.46. The highest BCUT2D eigenvalue weighted by molar-refractivity contribution is 5.88.